The number of aliphatic imine (C=N–C) groups is 1. The average Bonchev–Trinajstić information content (AvgIpc) is 2.48. The summed E-state index contributed by atoms with van der Waals surface area (Å²) in [6.45, 7) is 12.4. The Kier molecular flexibility index (Phi) is 6.35. The van der Waals surface area contributed by atoms with Gasteiger partial charge in [0.1, 0.15) is 5.84 Å². The van der Waals surface area contributed by atoms with Crippen LogP contribution in [0.4, 0.5) is 13.2 Å². The third-order valence-corrected chi connectivity index (χ3v) is 3.44. The molecule has 1 aromatic carbocycles. The molecule has 0 aromatic heterocycles. The van der Waals surface area contributed by atoms with Crippen molar-refractivity contribution in [1.82, 2.24) is 0 Å². The van der Waals surface area contributed by atoms with Gasteiger partial charge < -0.3 is 5.73 Å². The lowest BCUT2D eigenvalue weighted by Gasteiger charge is -2.08. The number of nitrogens with zero attached hydrogens (tertiary/aromatic N) is 1. The Balaban J connectivity index is 3.09. The number of allylic oxidation sites excluding steroid dienone is 5. The van der Waals surface area contributed by atoms with Gasteiger partial charge in [-0.25, -0.2) is 4.99 Å². The highest BCUT2D eigenvalue weighted by Crippen LogP contribution is 2.26. The van der Waals surface area contributed by atoms with Crippen LogP contribution in [0.2, 0.25) is 0 Å². The molecule has 0 aliphatic rings. The minimum Gasteiger partial charge on any atom is -0.383 e. The molecule has 128 valence electrons. The molecule has 2 N–H and O–H groups in total. The molecule has 24 heavy (non-hydrogen) atoms. The number of halogens is 3. The molecule has 0 heterocycles. The molecule has 0 atom stereocenters. The largest absolute Gasteiger partial charge is 0.416 e. The van der Waals surface area contributed by atoms with Crippen molar-refractivity contribution >= 4 is 5.84 Å². The average molecular weight is 334 g/mol. The number of amidine groups is 1. The molecular formula is C19H21F3N2. The first-order valence-corrected chi connectivity index (χ1v) is 7.25. The summed E-state index contributed by atoms with van der Waals surface area (Å²) in [5.74, 6) is 0.276. The highest BCUT2D eigenvalue weighted by Gasteiger charge is 2.30. The molecule has 1 rings (SSSR count). The maximum Gasteiger partial charge on any atom is 0.416 e. The zero-order valence-electron chi connectivity index (χ0n) is 14.0. The summed E-state index contributed by atoms with van der Waals surface area (Å²) in [4.78, 5) is 4.21. The van der Waals surface area contributed by atoms with Gasteiger partial charge in [-0.2, -0.15) is 13.2 Å². The fraction of sp³-hybridized carbons (Fsp3) is 0.211. The van der Waals surface area contributed by atoms with Gasteiger partial charge >= 0.3 is 6.18 Å². The van der Waals surface area contributed by atoms with Crippen LogP contribution in [0.1, 0.15) is 23.6 Å². The summed E-state index contributed by atoms with van der Waals surface area (Å²) in [6, 6.07) is 5.80. The highest BCUT2D eigenvalue weighted by molar-refractivity contribution is 5.99. The van der Waals surface area contributed by atoms with Gasteiger partial charge in [-0.15, -0.1) is 0 Å². The minimum absolute atomic E-state index is 0.276. The summed E-state index contributed by atoms with van der Waals surface area (Å²) in [5, 5.41) is 0. The molecule has 0 aliphatic carbocycles. The zero-order chi connectivity index (χ0) is 18.5. The monoisotopic (exact) mass is 334 g/mol. The van der Waals surface area contributed by atoms with Crippen molar-refractivity contribution < 1.29 is 13.2 Å². The van der Waals surface area contributed by atoms with Gasteiger partial charge in [0.05, 0.1) is 11.3 Å². The standard InChI is InChI=1S/C19H21F3N2/c1-6-16(19(20,21)22)10-9-13(3)15(5)24-18(23)17-11-12(2)7-8-14(17)4/h6-11H,1,5H2,2-4H3,(H2,23,24)/b13-9+,16-10+. The van der Waals surface area contributed by atoms with E-state index in [0.29, 0.717) is 11.3 Å². The van der Waals surface area contributed by atoms with Crippen LogP contribution in [0.25, 0.3) is 0 Å². The lowest BCUT2D eigenvalue weighted by atomic mass is 10.0. The third-order valence-electron chi connectivity index (χ3n) is 3.44. The predicted molar refractivity (Wildman–Crippen MR) is 93.9 cm³/mol. The van der Waals surface area contributed by atoms with E-state index in [2.05, 4.69) is 18.2 Å². The number of alkyl halides is 3. The van der Waals surface area contributed by atoms with Crippen molar-refractivity contribution in [2.45, 2.75) is 26.9 Å². The van der Waals surface area contributed by atoms with Gasteiger partial charge in [0, 0.05) is 5.56 Å². The highest BCUT2D eigenvalue weighted by atomic mass is 19.4. The second-order valence-electron chi connectivity index (χ2n) is 5.44. The molecule has 0 aliphatic heterocycles. The number of hydrogen-bond donors (Lipinski definition) is 1. The van der Waals surface area contributed by atoms with Crippen LogP contribution in [0.15, 0.2) is 71.4 Å². The summed E-state index contributed by atoms with van der Waals surface area (Å²) >= 11 is 0. The second-order valence-corrected chi connectivity index (χ2v) is 5.44. The number of rotatable bonds is 5. The van der Waals surface area contributed by atoms with Gasteiger partial charge in [0.2, 0.25) is 0 Å². The number of aryl methyl sites for hydroxylation is 2. The summed E-state index contributed by atoms with van der Waals surface area (Å²) in [7, 11) is 0. The van der Waals surface area contributed by atoms with Crippen molar-refractivity contribution in [3.05, 3.63) is 83.1 Å². The first kappa shape index (κ1) is 19.5. The van der Waals surface area contributed by atoms with Crippen LogP contribution in [0, 0.1) is 13.8 Å². The van der Waals surface area contributed by atoms with E-state index in [-0.39, 0.29) is 5.84 Å². The molecule has 0 bridgehead atoms. The third kappa shape index (κ3) is 5.26. The number of benzene rings is 1. The van der Waals surface area contributed by atoms with E-state index in [1.807, 2.05) is 32.0 Å². The Morgan fingerprint density at radius 3 is 2.38 bits per heavy atom. The SMILES string of the molecule is C=C/C(=C\C=C(/C)C(=C)N=C(N)c1cc(C)ccc1C)C(F)(F)F. The molecule has 5 heteroatoms. The Morgan fingerprint density at radius 1 is 1.21 bits per heavy atom. The zero-order valence-corrected chi connectivity index (χ0v) is 14.0. The van der Waals surface area contributed by atoms with Gasteiger partial charge in [0.15, 0.2) is 0 Å². The molecule has 1 aromatic rings. The van der Waals surface area contributed by atoms with Crippen LogP contribution in [-0.4, -0.2) is 12.0 Å². The molecule has 0 spiro atoms. The van der Waals surface area contributed by atoms with E-state index in [9.17, 15) is 13.2 Å². The first-order valence-electron chi connectivity index (χ1n) is 7.25. The van der Waals surface area contributed by atoms with Gasteiger partial charge in [-0.1, -0.05) is 43.0 Å². The van der Waals surface area contributed by atoms with E-state index < -0.39 is 11.7 Å². The maximum atomic E-state index is 12.6. The van der Waals surface area contributed by atoms with E-state index in [4.69, 9.17) is 5.73 Å². The number of nitrogens with two attached hydrogens (primary N) is 1. The van der Waals surface area contributed by atoms with Gasteiger partial charge in [-0.05, 0) is 44.1 Å². The van der Waals surface area contributed by atoms with E-state index in [1.54, 1.807) is 6.92 Å². The van der Waals surface area contributed by atoms with Crippen molar-refractivity contribution in [3.8, 4) is 0 Å². The molecule has 0 saturated carbocycles. The minimum atomic E-state index is -4.44. The number of hydrogen-bond acceptors (Lipinski definition) is 1. The Bertz CT molecular complexity index is 735. The lowest BCUT2D eigenvalue weighted by molar-refractivity contribution is -0.0881. The van der Waals surface area contributed by atoms with Gasteiger partial charge in [-0.3, -0.25) is 0 Å². The Labute approximate surface area is 140 Å². The van der Waals surface area contributed by atoms with Crippen molar-refractivity contribution in [1.29, 1.82) is 0 Å². The predicted octanol–water partition coefficient (Wildman–Crippen LogP) is 5.14. The van der Waals surface area contributed by atoms with Crippen LogP contribution >= 0.6 is 0 Å². The topological polar surface area (TPSA) is 38.4 Å². The summed E-state index contributed by atoms with van der Waals surface area (Å²) < 4.78 is 37.9. The molecule has 0 fully saturated rings. The van der Waals surface area contributed by atoms with E-state index in [1.165, 1.54) is 6.08 Å². The smallest absolute Gasteiger partial charge is 0.383 e. The van der Waals surface area contributed by atoms with Gasteiger partial charge in [0.25, 0.3) is 0 Å². The molecule has 2 nitrogen and oxygen atoms in total. The van der Waals surface area contributed by atoms with Crippen LogP contribution in [0.3, 0.4) is 0 Å². The quantitative estimate of drug-likeness (QED) is 0.452. The van der Waals surface area contributed by atoms with Crippen LogP contribution in [-0.2, 0) is 0 Å². The molecule has 0 amide bonds. The summed E-state index contributed by atoms with van der Waals surface area (Å²) in [5.41, 5.74) is 8.73. The molecule has 0 radical (unpaired) electrons. The fourth-order valence-corrected chi connectivity index (χ4v) is 1.89. The normalized spacial score (nSPS) is 13.8. The van der Waals surface area contributed by atoms with E-state index in [0.717, 1.165) is 28.8 Å². The van der Waals surface area contributed by atoms with Crippen molar-refractivity contribution in [3.63, 3.8) is 0 Å². The fourth-order valence-electron chi connectivity index (χ4n) is 1.89. The Hall–Kier alpha value is -2.56. The van der Waals surface area contributed by atoms with Crippen molar-refractivity contribution in [2.24, 2.45) is 10.7 Å². The lowest BCUT2D eigenvalue weighted by Crippen LogP contribution is -2.15. The molecule has 0 unspecified atom stereocenters. The Morgan fingerprint density at radius 2 is 1.83 bits per heavy atom. The second kappa shape index (κ2) is 7.81. The molecular weight excluding hydrogens is 313 g/mol. The first-order chi connectivity index (χ1) is 11.1. The van der Waals surface area contributed by atoms with Crippen LogP contribution in [0.5, 0.6) is 0 Å². The van der Waals surface area contributed by atoms with Crippen molar-refractivity contribution in [2.75, 3.05) is 0 Å². The van der Waals surface area contributed by atoms with Crippen LogP contribution < -0.4 is 5.73 Å². The van der Waals surface area contributed by atoms with E-state index >= 15 is 0 Å². The molecule has 0 saturated heterocycles. The summed E-state index contributed by atoms with van der Waals surface area (Å²) in [6.07, 6.45) is -1.44. The maximum absolute atomic E-state index is 12.6.